The van der Waals surface area contributed by atoms with Gasteiger partial charge in [-0.15, -0.1) is 0 Å². The fourth-order valence-corrected chi connectivity index (χ4v) is 1.60. The van der Waals surface area contributed by atoms with Crippen molar-refractivity contribution in [1.29, 1.82) is 0 Å². The smallest absolute Gasteiger partial charge is 0.319 e. The van der Waals surface area contributed by atoms with Gasteiger partial charge in [0.25, 0.3) is 5.91 Å². The Morgan fingerprint density at radius 2 is 2.11 bits per heavy atom. The molecule has 0 saturated heterocycles. The molecule has 19 heavy (non-hydrogen) atoms. The number of nitro groups is 1. The summed E-state index contributed by atoms with van der Waals surface area (Å²) in [6, 6.07) is 7.27. The van der Waals surface area contributed by atoms with E-state index in [1.54, 1.807) is 12.1 Å². The summed E-state index contributed by atoms with van der Waals surface area (Å²) in [4.78, 5) is 21.9. The Morgan fingerprint density at radius 1 is 1.42 bits per heavy atom. The van der Waals surface area contributed by atoms with Crippen molar-refractivity contribution < 1.29 is 9.72 Å². The second-order valence-electron chi connectivity index (χ2n) is 3.89. The predicted molar refractivity (Wildman–Crippen MR) is 69.0 cm³/mol. The van der Waals surface area contributed by atoms with E-state index < -0.39 is 10.8 Å². The fraction of sp³-hybridized carbons (Fsp3) is 0.167. The van der Waals surface area contributed by atoms with Crippen LogP contribution in [-0.4, -0.2) is 21.0 Å². The second-order valence-corrected chi connectivity index (χ2v) is 3.89. The number of hydrogen-bond donors (Lipinski definition) is 2. The first-order valence-corrected chi connectivity index (χ1v) is 5.70. The van der Waals surface area contributed by atoms with Gasteiger partial charge in [0.15, 0.2) is 0 Å². The third-order valence-electron chi connectivity index (χ3n) is 2.66. The van der Waals surface area contributed by atoms with E-state index in [9.17, 15) is 14.9 Å². The van der Waals surface area contributed by atoms with E-state index in [1.165, 1.54) is 0 Å². The van der Waals surface area contributed by atoms with Crippen molar-refractivity contribution in [3.05, 3.63) is 51.8 Å². The average molecular weight is 260 g/mol. The Hall–Kier alpha value is -2.70. The Labute approximate surface area is 108 Å². The van der Waals surface area contributed by atoms with Gasteiger partial charge in [-0.05, 0) is 24.1 Å². The summed E-state index contributed by atoms with van der Waals surface area (Å²) in [6.07, 6.45) is 1.91. The molecule has 98 valence electrons. The Bertz CT molecular complexity index is 604. The first-order chi connectivity index (χ1) is 9.11. The molecule has 0 spiro atoms. The van der Waals surface area contributed by atoms with Crippen LogP contribution in [0, 0.1) is 10.1 Å². The molecule has 0 aliphatic rings. The predicted octanol–water partition coefficient (Wildman–Crippen LogP) is 2.13. The van der Waals surface area contributed by atoms with Gasteiger partial charge in [0.05, 0.1) is 4.92 Å². The maximum Gasteiger partial charge on any atom is 0.319 e. The van der Waals surface area contributed by atoms with E-state index in [-0.39, 0.29) is 11.4 Å². The van der Waals surface area contributed by atoms with Crippen molar-refractivity contribution in [3.63, 3.8) is 0 Å². The minimum atomic E-state index is -0.654. The molecular weight excluding hydrogens is 248 g/mol. The molecule has 0 saturated carbocycles. The number of carbonyl (C=O) groups excluding carboxylic acids is 1. The summed E-state index contributed by atoms with van der Waals surface area (Å²) in [6.45, 7) is 2.03. The van der Waals surface area contributed by atoms with Crippen molar-refractivity contribution >= 4 is 17.3 Å². The third-order valence-corrected chi connectivity index (χ3v) is 2.66. The standard InChI is InChI=1S/C12H12N4O3/c1-2-8-3-5-9(6-4-8)14-12(17)11-10(16(18)19)7-13-15-11/h3-7H,2H2,1H3,(H,13,15)(H,14,17). The third kappa shape index (κ3) is 2.76. The number of nitrogens with one attached hydrogen (secondary N) is 2. The lowest BCUT2D eigenvalue weighted by atomic mass is 10.1. The maximum absolute atomic E-state index is 11.9. The summed E-state index contributed by atoms with van der Waals surface area (Å²) in [5, 5.41) is 19.1. The average Bonchev–Trinajstić information content (AvgIpc) is 2.89. The molecular formula is C12H12N4O3. The van der Waals surface area contributed by atoms with E-state index in [0.29, 0.717) is 5.69 Å². The summed E-state index contributed by atoms with van der Waals surface area (Å²) in [5.41, 5.74) is 1.21. The number of rotatable bonds is 4. The quantitative estimate of drug-likeness (QED) is 0.649. The molecule has 0 atom stereocenters. The highest BCUT2D eigenvalue weighted by molar-refractivity contribution is 6.05. The topological polar surface area (TPSA) is 101 Å². The zero-order valence-corrected chi connectivity index (χ0v) is 10.2. The lowest BCUT2D eigenvalue weighted by molar-refractivity contribution is -0.385. The number of aryl methyl sites for hydroxylation is 1. The summed E-state index contributed by atoms with van der Waals surface area (Å²) in [7, 11) is 0. The van der Waals surface area contributed by atoms with E-state index in [1.807, 2.05) is 19.1 Å². The number of carbonyl (C=O) groups is 1. The van der Waals surface area contributed by atoms with Gasteiger partial charge in [-0.3, -0.25) is 20.0 Å². The van der Waals surface area contributed by atoms with E-state index >= 15 is 0 Å². The SMILES string of the molecule is CCc1ccc(NC(=O)c2[nH]ncc2[N+](=O)[O-])cc1. The molecule has 0 aliphatic heterocycles. The van der Waals surface area contributed by atoms with Crippen LogP contribution in [0.15, 0.2) is 30.5 Å². The van der Waals surface area contributed by atoms with E-state index in [4.69, 9.17) is 0 Å². The van der Waals surface area contributed by atoms with Crippen LogP contribution in [0.25, 0.3) is 0 Å². The molecule has 1 aromatic heterocycles. The first kappa shape index (κ1) is 12.7. The second kappa shape index (κ2) is 5.30. The molecule has 2 rings (SSSR count). The molecule has 7 heteroatoms. The summed E-state index contributed by atoms with van der Waals surface area (Å²) < 4.78 is 0. The minimum absolute atomic E-state index is 0.162. The Morgan fingerprint density at radius 3 is 2.68 bits per heavy atom. The molecule has 0 unspecified atom stereocenters. The fourth-order valence-electron chi connectivity index (χ4n) is 1.60. The van der Waals surface area contributed by atoms with Gasteiger partial charge in [-0.1, -0.05) is 19.1 Å². The van der Waals surface area contributed by atoms with E-state index in [0.717, 1.165) is 18.2 Å². The molecule has 0 fully saturated rings. The lowest BCUT2D eigenvalue weighted by Crippen LogP contribution is -2.14. The van der Waals surface area contributed by atoms with Gasteiger partial charge in [-0.2, -0.15) is 5.10 Å². The highest BCUT2D eigenvalue weighted by Crippen LogP contribution is 2.17. The van der Waals surface area contributed by atoms with Crippen LogP contribution in [-0.2, 0) is 6.42 Å². The van der Waals surface area contributed by atoms with Crippen LogP contribution >= 0.6 is 0 Å². The van der Waals surface area contributed by atoms with Gasteiger partial charge < -0.3 is 5.32 Å². The number of amides is 1. The van der Waals surface area contributed by atoms with Crippen molar-refractivity contribution in [2.24, 2.45) is 0 Å². The first-order valence-electron chi connectivity index (χ1n) is 5.70. The van der Waals surface area contributed by atoms with Gasteiger partial charge in [0, 0.05) is 5.69 Å². The maximum atomic E-state index is 11.9. The molecule has 2 aromatic rings. The Balaban J connectivity index is 2.16. The largest absolute Gasteiger partial charge is 0.320 e. The van der Waals surface area contributed by atoms with Crippen molar-refractivity contribution in [3.8, 4) is 0 Å². The van der Waals surface area contributed by atoms with Crippen LogP contribution in [0.1, 0.15) is 23.0 Å². The van der Waals surface area contributed by atoms with E-state index in [2.05, 4.69) is 15.5 Å². The van der Waals surface area contributed by atoms with Gasteiger partial charge in [0.1, 0.15) is 6.20 Å². The zero-order valence-electron chi connectivity index (χ0n) is 10.2. The molecule has 0 aliphatic carbocycles. The molecule has 7 nitrogen and oxygen atoms in total. The molecule has 0 radical (unpaired) electrons. The normalized spacial score (nSPS) is 10.2. The van der Waals surface area contributed by atoms with Crippen molar-refractivity contribution in [2.45, 2.75) is 13.3 Å². The van der Waals surface area contributed by atoms with Gasteiger partial charge in [0.2, 0.25) is 5.69 Å². The summed E-state index contributed by atoms with van der Waals surface area (Å²) >= 11 is 0. The number of aromatic amines is 1. The molecule has 2 N–H and O–H groups in total. The highest BCUT2D eigenvalue weighted by Gasteiger charge is 2.22. The number of nitrogens with zero attached hydrogens (tertiary/aromatic N) is 2. The molecule has 0 bridgehead atoms. The molecule has 1 aromatic carbocycles. The van der Waals surface area contributed by atoms with Gasteiger partial charge >= 0.3 is 5.69 Å². The monoisotopic (exact) mass is 260 g/mol. The minimum Gasteiger partial charge on any atom is -0.320 e. The van der Waals surface area contributed by atoms with Gasteiger partial charge in [-0.25, -0.2) is 0 Å². The van der Waals surface area contributed by atoms with Crippen LogP contribution in [0.5, 0.6) is 0 Å². The number of anilines is 1. The summed E-state index contributed by atoms with van der Waals surface area (Å²) in [5.74, 6) is -0.589. The van der Waals surface area contributed by atoms with Crippen LogP contribution in [0.2, 0.25) is 0 Å². The van der Waals surface area contributed by atoms with Crippen molar-refractivity contribution in [2.75, 3.05) is 5.32 Å². The number of H-pyrrole nitrogens is 1. The lowest BCUT2D eigenvalue weighted by Gasteiger charge is -2.04. The van der Waals surface area contributed by atoms with Crippen molar-refractivity contribution in [1.82, 2.24) is 10.2 Å². The number of aromatic nitrogens is 2. The van der Waals surface area contributed by atoms with Crippen LogP contribution in [0.4, 0.5) is 11.4 Å². The van der Waals surface area contributed by atoms with Crippen LogP contribution in [0.3, 0.4) is 0 Å². The Kier molecular flexibility index (Phi) is 3.56. The number of hydrogen-bond acceptors (Lipinski definition) is 4. The highest BCUT2D eigenvalue weighted by atomic mass is 16.6. The molecule has 1 amide bonds. The van der Waals surface area contributed by atoms with Crippen LogP contribution < -0.4 is 5.32 Å². The zero-order chi connectivity index (χ0) is 13.8. The number of benzene rings is 1. The molecule has 1 heterocycles.